The number of hydrogen-bond donors (Lipinski definition) is 13. The molecule has 15 N–H and O–H groups in total. The molecule has 0 spiro atoms. The molecule has 19 heteroatoms. The van der Waals surface area contributed by atoms with E-state index in [-0.39, 0.29) is 36.0 Å². The Morgan fingerprint density at radius 2 is 1.80 bits per heavy atom. The van der Waals surface area contributed by atoms with Gasteiger partial charge in [-0.15, -0.1) is 0 Å². The summed E-state index contributed by atoms with van der Waals surface area (Å²) in [6, 6.07) is 3.89. The number of H-pyrrole nitrogens is 1. The molecule has 1 fully saturated rings. The molecule has 1 amide bonds. The summed E-state index contributed by atoms with van der Waals surface area (Å²) in [5, 5.41) is 65.6. The van der Waals surface area contributed by atoms with Gasteiger partial charge in [0.05, 0.1) is 18.7 Å². The van der Waals surface area contributed by atoms with Gasteiger partial charge in [-0.25, -0.2) is 4.79 Å². The van der Waals surface area contributed by atoms with Crippen molar-refractivity contribution in [1.82, 2.24) is 15.3 Å². The van der Waals surface area contributed by atoms with Crippen LogP contribution in [0.3, 0.4) is 0 Å². The van der Waals surface area contributed by atoms with Crippen molar-refractivity contribution in [1.29, 1.82) is 0 Å². The second-order valence-electron chi connectivity index (χ2n) is 9.96. The topological polar surface area (TPSA) is 328 Å². The first-order valence-corrected chi connectivity index (χ1v) is 13.4. The van der Waals surface area contributed by atoms with Gasteiger partial charge in [0, 0.05) is 30.8 Å². The molecule has 2 aliphatic heterocycles. The van der Waals surface area contributed by atoms with Crippen molar-refractivity contribution in [3.8, 4) is 0 Å². The number of carboxylic acids is 2. The summed E-state index contributed by atoms with van der Waals surface area (Å²) in [7, 11) is 0. The van der Waals surface area contributed by atoms with E-state index in [1.807, 2.05) is 0 Å². The molecule has 4 rings (SSSR count). The molecule has 1 aromatic heterocycles. The highest BCUT2D eigenvalue weighted by Crippen LogP contribution is 2.20. The maximum absolute atomic E-state index is 12.3. The number of nitrogens with zero attached hydrogens (tertiary/aromatic N) is 1. The number of aromatic nitrogens is 2. The van der Waals surface area contributed by atoms with Crippen LogP contribution in [0.4, 0.5) is 23.1 Å². The van der Waals surface area contributed by atoms with Gasteiger partial charge in [0.25, 0.3) is 11.5 Å². The van der Waals surface area contributed by atoms with Crippen molar-refractivity contribution in [3.05, 3.63) is 40.2 Å². The number of anilines is 4. The van der Waals surface area contributed by atoms with Crippen LogP contribution in [0.2, 0.25) is 0 Å². The first kappa shape index (κ1) is 34.0. The molecule has 2 aromatic rings. The maximum Gasteiger partial charge on any atom is 0.326 e. The summed E-state index contributed by atoms with van der Waals surface area (Å²) in [6.07, 6.45) is -5.44. The lowest BCUT2D eigenvalue weighted by Crippen LogP contribution is -2.61. The van der Waals surface area contributed by atoms with Crippen LogP contribution in [0.1, 0.15) is 23.2 Å². The average Bonchev–Trinajstić information content (AvgIpc) is 2.99. The second-order valence-corrected chi connectivity index (χ2v) is 9.96. The Hall–Kier alpha value is -4.53. The fraction of sp³-hybridized carbons (Fsp3) is 0.480. The van der Waals surface area contributed by atoms with Gasteiger partial charge in [-0.2, -0.15) is 4.98 Å². The number of aliphatic carboxylic acids is 2. The van der Waals surface area contributed by atoms with E-state index < -0.39 is 61.1 Å². The van der Waals surface area contributed by atoms with Crippen molar-refractivity contribution < 1.29 is 49.8 Å². The fourth-order valence-electron chi connectivity index (χ4n) is 4.22. The van der Waals surface area contributed by atoms with Crippen LogP contribution in [-0.4, -0.2) is 121 Å². The Morgan fingerprint density at radius 3 is 2.41 bits per heavy atom. The SMILES string of the molecule is N[C@@H]1[C@@H](O)[C@H](O)[C@@H](CO)O[C@H]1O.Nc1nc2c(c(=O)[nH]1)N[C@H](CNc1ccc(C(=O)N[C@@H](CCC(=O)O)C(=O)O)cc1)CN2. The summed E-state index contributed by atoms with van der Waals surface area (Å²) in [6.45, 7) is 0.489. The number of nitrogens with one attached hydrogen (secondary N) is 5. The van der Waals surface area contributed by atoms with Gasteiger partial charge in [-0.3, -0.25) is 19.4 Å². The van der Waals surface area contributed by atoms with Crippen LogP contribution in [-0.2, 0) is 14.3 Å². The minimum absolute atomic E-state index is 0.0281. The second kappa shape index (κ2) is 15.3. The lowest BCUT2D eigenvalue weighted by Gasteiger charge is -2.38. The molecule has 0 bridgehead atoms. The van der Waals surface area contributed by atoms with E-state index >= 15 is 0 Å². The van der Waals surface area contributed by atoms with Crippen molar-refractivity contribution in [2.75, 3.05) is 41.4 Å². The quantitative estimate of drug-likeness (QED) is 0.122. The van der Waals surface area contributed by atoms with Gasteiger partial charge >= 0.3 is 11.9 Å². The van der Waals surface area contributed by atoms with E-state index in [1.54, 1.807) is 12.1 Å². The van der Waals surface area contributed by atoms with E-state index in [4.69, 9.17) is 36.6 Å². The Bertz CT molecular complexity index is 1350. The zero-order chi connectivity index (χ0) is 32.6. The smallest absolute Gasteiger partial charge is 0.326 e. The fourth-order valence-corrected chi connectivity index (χ4v) is 4.22. The molecule has 0 saturated carbocycles. The highest BCUT2D eigenvalue weighted by molar-refractivity contribution is 5.97. The highest BCUT2D eigenvalue weighted by Gasteiger charge is 2.41. The van der Waals surface area contributed by atoms with Gasteiger partial charge < -0.3 is 68.1 Å². The molecular weight excluding hydrogens is 588 g/mol. The summed E-state index contributed by atoms with van der Waals surface area (Å²) in [5.41, 5.74) is 11.7. The first-order chi connectivity index (χ1) is 20.8. The van der Waals surface area contributed by atoms with Gasteiger partial charge in [0.1, 0.15) is 30.0 Å². The summed E-state index contributed by atoms with van der Waals surface area (Å²) in [4.78, 5) is 52.6. The average molecular weight is 625 g/mol. The third-order valence-corrected chi connectivity index (χ3v) is 6.70. The number of fused-ring (bicyclic) bond motifs is 1. The molecule has 0 radical (unpaired) electrons. The third-order valence-electron chi connectivity index (χ3n) is 6.70. The van der Waals surface area contributed by atoms with E-state index in [9.17, 15) is 29.4 Å². The number of hydrogen-bond acceptors (Lipinski definition) is 15. The lowest BCUT2D eigenvalue weighted by atomic mass is 9.98. The molecule has 44 heavy (non-hydrogen) atoms. The molecule has 242 valence electrons. The largest absolute Gasteiger partial charge is 0.481 e. The van der Waals surface area contributed by atoms with E-state index in [0.717, 1.165) is 0 Å². The molecule has 2 aliphatic rings. The van der Waals surface area contributed by atoms with Gasteiger partial charge in [-0.1, -0.05) is 0 Å². The molecule has 19 nitrogen and oxygen atoms in total. The number of nitrogens with two attached hydrogens (primary N) is 2. The van der Waals surface area contributed by atoms with E-state index in [2.05, 4.69) is 31.2 Å². The Balaban J connectivity index is 0.000000369. The predicted octanol–water partition coefficient (Wildman–Crippen LogP) is -3.54. The monoisotopic (exact) mass is 624 g/mol. The highest BCUT2D eigenvalue weighted by atomic mass is 16.6. The number of rotatable bonds is 10. The third kappa shape index (κ3) is 8.99. The summed E-state index contributed by atoms with van der Waals surface area (Å²) >= 11 is 0. The van der Waals surface area contributed by atoms with Crippen LogP contribution in [0, 0.1) is 0 Å². The minimum atomic E-state index is -1.35. The van der Waals surface area contributed by atoms with Crippen LogP contribution in [0.25, 0.3) is 0 Å². The van der Waals surface area contributed by atoms with Crippen LogP contribution in [0.15, 0.2) is 29.1 Å². The zero-order valence-electron chi connectivity index (χ0n) is 23.2. The maximum atomic E-state index is 12.3. The number of benzene rings is 1. The van der Waals surface area contributed by atoms with Gasteiger partial charge in [-0.05, 0) is 30.7 Å². The van der Waals surface area contributed by atoms with Crippen molar-refractivity contribution in [2.45, 2.75) is 55.6 Å². The van der Waals surface area contributed by atoms with Crippen LogP contribution < -0.4 is 38.3 Å². The molecule has 1 saturated heterocycles. The minimum Gasteiger partial charge on any atom is -0.481 e. The number of aliphatic hydroxyl groups excluding tert-OH is 4. The molecular formula is C25H36N8O11. The zero-order valence-corrected chi connectivity index (χ0v) is 23.2. The van der Waals surface area contributed by atoms with Crippen molar-refractivity contribution in [3.63, 3.8) is 0 Å². The first-order valence-electron chi connectivity index (χ1n) is 13.4. The number of aliphatic hydroxyl groups is 4. The molecule has 7 atom stereocenters. The number of nitrogen functional groups attached to an aromatic ring is 1. The number of amides is 1. The predicted molar refractivity (Wildman–Crippen MR) is 154 cm³/mol. The van der Waals surface area contributed by atoms with E-state index in [0.29, 0.717) is 30.3 Å². The normalized spacial score (nSPS) is 24.7. The summed E-state index contributed by atoms with van der Waals surface area (Å²) < 4.78 is 4.70. The van der Waals surface area contributed by atoms with Crippen molar-refractivity contribution in [2.24, 2.45) is 5.73 Å². The van der Waals surface area contributed by atoms with Crippen LogP contribution in [0.5, 0.6) is 0 Å². The number of carbonyl (C=O) groups excluding carboxylic acids is 1. The van der Waals surface area contributed by atoms with E-state index in [1.165, 1.54) is 12.1 Å². The Labute approximate surface area is 249 Å². The Morgan fingerprint density at radius 1 is 1.11 bits per heavy atom. The number of ether oxygens (including phenoxy) is 1. The number of carboxylic acid groups (broad SMARTS) is 2. The molecule has 0 aliphatic carbocycles. The number of aromatic amines is 1. The standard InChI is InChI=1S/C19H23N7O6.C6H13NO5/c20-19-25-15-14(17(30)26-19)23-11(8-22-15)7-21-10-3-1-9(2-4-10)16(29)24-12(18(31)32)5-6-13(27)28;7-3-5(10)4(9)2(1-8)12-6(3)11/h1-4,11-12,21,23H,5-8H2,(H,24,29)(H,27,28)(H,31,32)(H4,20,22,25,26,30);2-6,8-11H,1,7H2/t11-,12+;2-,3-,4-,5-,6-/m11/s1. The Kier molecular flexibility index (Phi) is 11.8. The molecule has 3 heterocycles. The number of carbonyl (C=O) groups is 3. The van der Waals surface area contributed by atoms with Gasteiger partial charge in [0.2, 0.25) is 5.95 Å². The molecule has 1 aromatic carbocycles. The van der Waals surface area contributed by atoms with Crippen molar-refractivity contribution >= 4 is 41.0 Å². The molecule has 0 unspecified atom stereocenters. The van der Waals surface area contributed by atoms with Gasteiger partial charge in [0.15, 0.2) is 12.1 Å². The summed E-state index contributed by atoms with van der Waals surface area (Å²) in [5.74, 6) is -2.64. The lowest BCUT2D eigenvalue weighted by molar-refractivity contribution is -0.248. The van der Waals surface area contributed by atoms with Crippen LogP contribution >= 0.6 is 0 Å².